The minimum atomic E-state index is -4.00. The topological polar surface area (TPSA) is 176 Å². The van der Waals surface area contributed by atoms with Crippen LogP contribution in [0.1, 0.15) is 0 Å². The Labute approximate surface area is 185 Å². The predicted molar refractivity (Wildman–Crippen MR) is 109 cm³/mol. The van der Waals surface area contributed by atoms with E-state index in [1.807, 2.05) is 0 Å². The van der Waals surface area contributed by atoms with Crippen molar-refractivity contribution in [3.8, 4) is 11.5 Å². The van der Waals surface area contributed by atoms with Crippen molar-refractivity contribution in [1.82, 2.24) is 0 Å². The number of nitro groups is 2. The van der Waals surface area contributed by atoms with Gasteiger partial charge in [-0.15, -0.1) is 0 Å². The molecule has 14 nitrogen and oxygen atoms in total. The Hall–Kier alpha value is -2.86. The molecule has 2 fully saturated rings. The number of phosphoric ester groups is 2. The average molecular weight is 502 g/mol. The number of nitrogens with zero attached hydrogens (tertiary/aromatic N) is 2. The van der Waals surface area contributed by atoms with Crippen LogP contribution in [0.4, 0.5) is 11.4 Å². The largest absolute Gasteiger partial charge is 0.530 e. The molecule has 1 spiro atoms. The van der Waals surface area contributed by atoms with Crippen LogP contribution in [0.15, 0.2) is 48.5 Å². The van der Waals surface area contributed by atoms with Crippen LogP contribution in [0, 0.1) is 25.6 Å². The standard InChI is InChI=1S/C17H16N2O12P2/c20-18(21)13-1-5-15(6-2-13)30-32(24)26-9-17(10-27-32)11-28-33(25,29-12-17)31-16-7-3-14(4-8-16)19(22)23/h1-8H,9-12H2. The van der Waals surface area contributed by atoms with Crippen LogP contribution in [-0.2, 0) is 27.2 Å². The molecule has 33 heavy (non-hydrogen) atoms. The summed E-state index contributed by atoms with van der Waals surface area (Å²) in [5.41, 5.74) is -1.26. The second-order valence-corrected chi connectivity index (χ2v) is 10.4. The van der Waals surface area contributed by atoms with Gasteiger partial charge >= 0.3 is 15.6 Å². The first-order valence-electron chi connectivity index (χ1n) is 9.26. The summed E-state index contributed by atoms with van der Waals surface area (Å²) in [4.78, 5) is 20.2. The first kappa shape index (κ1) is 23.3. The van der Waals surface area contributed by atoms with E-state index in [1.165, 1.54) is 48.5 Å². The van der Waals surface area contributed by atoms with Crippen molar-refractivity contribution in [1.29, 1.82) is 0 Å². The minimum absolute atomic E-state index is 0.0528. The van der Waals surface area contributed by atoms with Gasteiger partial charge in [0.1, 0.15) is 11.5 Å². The second-order valence-electron chi connectivity index (χ2n) is 7.17. The number of hydrogen-bond donors (Lipinski definition) is 0. The van der Waals surface area contributed by atoms with Gasteiger partial charge in [0.15, 0.2) is 0 Å². The molecular weight excluding hydrogens is 486 g/mol. The maximum absolute atomic E-state index is 12.7. The van der Waals surface area contributed by atoms with E-state index in [1.54, 1.807) is 0 Å². The summed E-state index contributed by atoms with van der Waals surface area (Å²) in [5, 5.41) is 21.4. The quantitative estimate of drug-likeness (QED) is 0.312. The summed E-state index contributed by atoms with van der Waals surface area (Å²) in [5.74, 6) is 0.106. The molecule has 2 aromatic rings. The third-order valence-electron chi connectivity index (χ3n) is 4.64. The number of nitro benzene ring substituents is 2. The molecule has 4 rings (SSSR count). The Bertz CT molecular complexity index is 1030. The molecule has 0 N–H and O–H groups in total. The summed E-state index contributed by atoms with van der Waals surface area (Å²) in [6.45, 7) is -0.687. The first-order valence-corrected chi connectivity index (χ1v) is 12.2. The molecule has 0 aromatic heterocycles. The van der Waals surface area contributed by atoms with Gasteiger partial charge in [0.2, 0.25) is 0 Å². The fourth-order valence-corrected chi connectivity index (χ4v) is 5.66. The van der Waals surface area contributed by atoms with E-state index in [9.17, 15) is 29.4 Å². The minimum Gasteiger partial charge on any atom is -0.404 e. The molecule has 0 amide bonds. The molecule has 2 aromatic carbocycles. The highest BCUT2D eigenvalue weighted by Gasteiger charge is 2.51. The summed E-state index contributed by atoms with van der Waals surface area (Å²) in [6.07, 6.45) is 0. The van der Waals surface area contributed by atoms with E-state index in [4.69, 9.17) is 27.1 Å². The van der Waals surface area contributed by atoms with E-state index >= 15 is 0 Å². The van der Waals surface area contributed by atoms with Crippen LogP contribution in [0.3, 0.4) is 0 Å². The highest BCUT2D eigenvalue weighted by molar-refractivity contribution is 7.49. The lowest BCUT2D eigenvalue weighted by atomic mass is 9.93. The summed E-state index contributed by atoms with van der Waals surface area (Å²) >= 11 is 0. The van der Waals surface area contributed by atoms with Crippen molar-refractivity contribution >= 4 is 27.0 Å². The molecule has 16 heteroatoms. The van der Waals surface area contributed by atoms with Crippen LogP contribution in [0.2, 0.25) is 0 Å². The normalized spacial score (nSPS) is 29.3. The number of rotatable bonds is 6. The van der Waals surface area contributed by atoms with Crippen molar-refractivity contribution in [3.05, 3.63) is 68.8 Å². The monoisotopic (exact) mass is 502 g/mol. The molecule has 176 valence electrons. The third kappa shape index (κ3) is 5.38. The zero-order valence-corrected chi connectivity index (χ0v) is 18.4. The van der Waals surface area contributed by atoms with E-state index in [-0.39, 0.29) is 49.3 Å². The van der Waals surface area contributed by atoms with Gasteiger partial charge in [-0.1, -0.05) is 0 Å². The number of non-ortho nitro benzene ring substituents is 2. The molecule has 2 aliphatic rings. The summed E-state index contributed by atoms with van der Waals surface area (Å²) in [6, 6.07) is 9.74. The maximum Gasteiger partial charge on any atom is 0.530 e. The first-order chi connectivity index (χ1) is 15.6. The number of phosphoric acid groups is 2. The van der Waals surface area contributed by atoms with Crippen LogP contribution in [0.25, 0.3) is 0 Å². The highest BCUT2D eigenvalue weighted by atomic mass is 31.2. The molecule has 0 radical (unpaired) electrons. The van der Waals surface area contributed by atoms with Crippen LogP contribution in [-0.4, -0.2) is 36.3 Å². The van der Waals surface area contributed by atoms with Gasteiger partial charge in [-0.3, -0.25) is 38.3 Å². The molecule has 2 saturated heterocycles. The fraction of sp³-hybridized carbons (Fsp3) is 0.294. The smallest absolute Gasteiger partial charge is 0.404 e. The Morgan fingerprint density at radius 1 is 0.667 bits per heavy atom. The highest BCUT2D eigenvalue weighted by Crippen LogP contribution is 2.59. The molecule has 2 heterocycles. The van der Waals surface area contributed by atoms with Gasteiger partial charge in [0, 0.05) is 24.3 Å². The lowest BCUT2D eigenvalue weighted by Crippen LogP contribution is -2.46. The Balaban J connectivity index is 1.32. The average Bonchev–Trinajstić information content (AvgIpc) is 2.79. The van der Waals surface area contributed by atoms with Gasteiger partial charge in [0.25, 0.3) is 11.4 Å². The maximum atomic E-state index is 12.7. The van der Waals surface area contributed by atoms with E-state index in [2.05, 4.69) is 0 Å². The van der Waals surface area contributed by atoms with Crippen molar-refractivity contribution in [2.45, 2.75) is 0 Å². The SMILES string of the molecule is O=[N+]([O-])c1ccc(OP2(=O)OCC3(CO2)COP(=O)(Oc2ccc([N+](=O)[O-])cc2)OC3)cc1. The zero-order valence-electron chi connectivity index (χ0n) is 16.6. The van der Waals surface area contributed by atoms with Crippen LogP contribution in [0.5, 0.6) is 11.5 Å². The van der Waals surface area contributed by atoms with Gasteiger partial charge in [0.05, 0.1) is 41.7 Å². The van der Waals surface area contributed by atoms with Gasteiger partial charge in [-0.25, -0.2) is 9.13 Å². The molecule has 2 aliphatic heterocycles. The summed E-state index contributed by atoms with van der Waals surface area (Å²) in [7, 11) is -8.01. The molecule has 0 aliphatic carbocycles. The Kier molecular flexibility index (Phi) is 6.23. The van der Waals surface area contributed by atoms with Crippen LogP contribution < -0.4 is 9.05 Å². The van der Waals surface area contributed by atoms with Crippen molar-refractivity contribution in [3.63, 3.8) is 0 Å². The zero-order chi connectivity index (χ0) is 23.7. The molecule has 0 atom stereocenters. The van der Waals surface area contributed by atoms with E-state index < -0.39 is 30.9 Å². The molecule has 0 bridgehead atoms. The second kappa shape index (κ2) is 8.82. The van der Waals surface area contributed by atoms with Gasteiger partial charge in [-0.2, -0.15) is 0 Å². The third-order valence-corrected chi connectivity index (χ3v) is 7.30. The van der Waals surface area contributed by atoms with Gasteiger partial charge in [-0.05, 0) is 24.3 Å². The Morgan fingerprint density at radius 2 is 0.970 bits per heavy atom. The van der Waals surface area contributed by atoms with Crippen molar-refractivity contribution in [2.75, 3.05) is 26.4 Å². The summed E-state index contributed by atoms with van der Waals surface area (Å²) < 4.78 is 57.0. The number of benzene rings is 2. The van der Waals surface area contributed by atoms with Crippen LogP contribution >= 0.6 is 15.6 Å². The van der Waals surface area contributed by atoms with E-state index in [0.717, 1.165) is 0 Å². The lowest BCUT2D eigenvalue weighted by molar-refractivity contribution is -0.385. The molecule has 0 unspecified atom stereocenters. The number of hydrogen-bond acceptors (Lipinski definition) is 12. The predicted octanol–water partition coefficient (Wildman–Crippen LogP) is 4.26. The van der Waals surface area contributed by atoms with Crippen molar-refractivity contribution < 1.29 is 46.1 Å². The van der Waals surface area contributed by atoms with Gasteiger partial charge < -0.3 is 9.05 Å². The molecule has 0 saturated carbocycles. The fourth-order valence-electron chi connectivity index (χ4n) is 2.81. The Morgan fingerprint density at radius 3 is 1.24 bits per heavy atom. The lowest BCUT2D eigenvalue weighted by Gasteiger charge is -2.41. The molecular formula is C17H16N2O12P2. The van der Waals surface area contributed by atoms with Crippen molar-refractivity contribution in [2.24, 2.45) is 5.41 Å². The van der Waals surface area contributed by atoms with E-state index in [0.29, 0.717) is 0 Å².